The van der Waals surface area contributed by atoms with Crippen LogP contribution in [0.25, 0.3) is 0 Å². The minimum atomic E-state index is -1.28. The summed E-state index contributed by atoms with van der Waals surface area (Å²) in [4.78, 5) is 153. The molecule has 6 aliphatic heterocycles. The SMILES string of the molecule is CN[C@@H](C)C(=O)N[C@H](C(=O)N1CC2C[C@H]1C(=O)N[C@@H](Cc1ccccc1)C(=O)N[C@H](C(=O)NCCN(C)C)Cc1ccc(cc1)OCc1cn(nn1)C1C[C@@H](C(=O)N[C@@H](Cc3ccccc3)C(=O)N[C@H](C(=O)NCCN(C)C)Cc3ccc(cc3)OCc3cn2nn3)N(C(=O)[C@@H](NC(=O)[C@H](C)NC)C(C)C)C1)C(C)C. The number of nitrogens with zero attached hydrogens (tertiary/aromatic N) is 10. The molecule has 4 aromatic carbocycles. The summed E-state index contributed by atoms with van der Waals surface area (Å²) < 4.78 is 15.6. The van der Waals surface area contributed by atoms with E-state index in [1.807, 2.05) is 74.4 Å². The molecule has 10 amide bonds. The Hall–Kier alpha value is -10.7. The Labute approximate surface area is 642 Å². The zero-order valence-corrected chi connectivity index (χ0v) is 64.9. The molecule has 2 unspecified atom stereocenters. The van der Waals surface area contributed by atoms with Crippen LogP contribution in [-0.2, 0) is 86.8 Å². The fourth-order valence-electron chi connectivity index (χ4n) is 13.2. The quantitative estimate of drug-likeness (QED) is 0.0439. The molecule has 0 radical (unpaired) electrons. The number of ether oxygens (including phenoxy) is 2. The van der Waals surface area contributed by atoms with Crippen LogP contribution in [-0.4, -0.2) is 251 Å². The van der Waals surface area contributed by atoms with Gasteiger partial charge in [0.15, 0.2) is 0 Å². The van der Waals surface area contributed by atoms with Gasteiger partial charge in [0.1, 0.15) is 84.4 Å². The van der Waals surface area contributed by atoms with Gasteiger partial charge in [-0.2, -0.15) is 0 Å². The molecule has 12 atom stereocenters. The van der Waals surface area contributed by atoms with Gasteiger partial charge in [0.05, 0.1) is 36.6 Å². The van der Waals surface area contributed by atoms with Crippen LogP contribution in [0.1, 0.15) is 100 Å². The van der Waals surface area contributed by atoms with E-state index in [4.69, 9.17) is 9.47 Å². The second-order valence-electron chi connectivity index (χ2n) is 29.7. The van der Waals surface area contributed by atoms with Gasteiger partial charge in [0, 0.05) is 77.8 Å². The summed E-state index contributed by atoms with van der Waals surface area (Å²) in [5, 5.41) is 47.2. The van der Waals surface area contributed by atoms with E-state index >= 15 is 28.8 Å². The maximum atomic E-state index is 15.3. The molecule has 0 aliphatic carbocycles. The summed E-state index contributed by atoms with van der Waals surface area (Å²) in [6.45, 7) is 11.8. The number of likely N-dealkylation sites (tertiary alicyclic amines) is 2. The highest BCUT2D eigenvalue weighted by atomic mass is 16.5. The molecule has 12 rings (SSSR count). The average Bonchev–Trinajstić information content (AvgIpc) is 1.64. The monoisotopic (exact) mass is 1520 g/mol. The van der Waals surface area contributed by atoms with Gasteiger partial charge in [-0.25, -0.2) is 9.36 Å². The number of amides is 10. The van der Waals surface area contributed by atoms with Crippen LogP contribution in [0.2, 0.25) is 0 Å². The Morgan fingerprint density at radius 1 is 0.500 bits per heavy atom. The minimum absolute atomic E-state index is 0.00486. The molecule has 2 fully saturated rings. The third kappa shape index (κ3) is 23.2. The molecule has 8 heterocycles. The van der Waals surface area contributed by atoms with Crippen molar-refractivity contribution in [2.75, 3.05) is 81.6 Å². The number of hydrogen-bond donors (Lipinski definition) is 10. The predicted octanol–water partition coefficient (Wildman–Crippen LogP) is 0.388. The van der Waals surface area contributed by atoms with Gasteiger partial charge in [0.2, 0.25) is 59.1 Å². The number of nitrogens with one attached hydrogen (secondary N) is 10. The highest BCUT2D eigenvalue weighted by Gasteiger charge is 2.47. The number of carbonyl (C=O) groups is 10. The first-order valence-corrected chi connectivity index (χ1v) is 37.6. The van der Waals surface area contributed by atoms with Gasteiger partial charge in [-0.05, 0) is 114 Å². The van der Waals surface area contributed by atoms with Gasteiger partial charge in [-0.1, -0.05) is 123 Å². The number of likely N-dealkylation sites (N-methyl/N-ethyl adjacent to an activating group) is 4. The van der Waals surface area contributed by atoms with E-state index in [-0.39, 0.29) is 77.9 Å². The smallest absolute Gasteiger partial charge is 0.246 e. The third-order valence-electron chi connectivity index (χ3n) is 20.0. The molecule has 32 heteroatoms. The summed E-state index contributed by atoms with van der Waals surface area (Å²) >= 11 is 0. The van der Waals surface area contributed by atoms with Crippen molar-refractivity contribution >= 4 is 59.1 Å². The summed E-state index contributed by atoms with van der Waals surface area (Å²) in [5.41, 5.74) is 3.46. The fourth-order valence-corrected chi connectivity index (χ4v) is 13.2. The molecule has 32 nitrogen and oxygen atoms in total. The molecule has 110 heavy (non-hydrogen) atoms. The van der Waals surface area contributed by atoms with Crippen molar-refractivity contribution in [2.45, 2.75) is 166 Å². The molecule has 2 saturated heterocycles. The number of benzene rings is 4. The molecule has 2 aromatic heterocycles. The van der Waals surface area contributed by atoms with E-state index in [9.17, 15) is 19.2 Å². The van der Waals surface area contributed by atoms with Crippen molar-refractivity contribution in [3.05, 3.63) is 155 Å². The Morgan fingerprint density at radius 3 is 1.20 bits per heavy atom. The van der Waals surface area contributed by atoms with Crippen molar-refractivity contribution < 1.29 is 57.4 Å². The Kier molecular flexibility index (Phi) is 30.0. The lowest BCUT2D eigenvalue weighted by molar-refractivity contribution is -0.143. The lowest BCUT2D eigenvalue weighted by atomic mass is 10.0. The normalized spacial score (nSPS) is 21.4. The lowest BCUT2D eigenvalue weighted by Crippen LogP contribution is -2.59. The summed E-state index contributed by atoms with van der Waals surface area (Å²) in [5.74, 6) is -5.55. The van der Waals surface area contributed by atoms with Gasteiger partial charge in [-0.15, -0.1) is 10.2 Å². The van der Waals surface area contributed by atoms with Crippen molar-refractivity contribution in [1.29, 1.82) is 0 Å². The molecule has 592 valence electrons. The van der Waals surface area contributed by atoms with Crippen LogP contribution in [0.15, 0.2) is 122 Å². The zero-order chi connectivity index (χ0) is 79.3. The molecule has 12 bridgehead atoms. The van der Waals surface area contributed by atoms with Crippen molar-refractivity contribution in [2.24, 2.45) is 11.8 Å². The van der Waals surface area contributed by atoms with E-state index < -0.39 is 143 Å². The summed E-state index contributed by atoms with van der Waals surface area (Å²) in [6.07, 6.45) is 3.36. The Balaban J connectivity index is 1.07. The van der Waals surface area contributed by atoms with Gasteiger partial charge in [-0.3, -0.25) is 47.9 Å². The second-order valence-corrected chi connectivity index (χ2v) is 29.7. The minimum Gasteiger partial charge on any atom is -0.487 e. The van der Waals surface area contributed by atoms with Crippen LogP contribution < -0.4 is 62.6 Å². The molecular weight excluding hydrogens is 1410 g/mol. The van der Waals surface area contributed by atoms with E-state index in [0.717, 1.165) is 0 Å². The Bertz CT molecular complexity index is 3820. The first-order chi connectivity index (χ1) is 52.6. The Morgan fingerprint density at radius 2 is 0.864 bits per heavy atom. The van der Waals surface area contributed by atoms with Gasteiger partial charge in [0.25, 0.3) is 0 Å². The van der Waals surface area contributed by atoms with Crippen LogP contribution >= 0.6 is 0 Å². The maximum Gasteiger partial charge on any atom is 0.246 e. The fraction of sp³-hybridized carbons (Fsp3) is 0.513. The highest BCUT2D eigenvalue weighted by molar-refractivity contribution is 5.98. The number of hydrogen-bond acceptors (Lipinski definition) is 20. The van der Waals surface area contributed by atoms with Crippen LogP contribution in [0.3, 0.4) is 0 Å². The van der Waals surface area contributed by atoms with E-state index in [0.29, 0.717) is 58.2 Å². The number of carbonyl (C=O) groups excluding carboxylic acids is 10. The standard InChI is InChI=1S/C78H108N20O12/c1-47(2)67(87-69(99)49(5)79-7)77(107)95-43-57-39-65(95)75(105)85-63(35-51-19-15-13-16-20-51)73(103)83-61(71(101)81-31-33-93(9)10)37-53-25-29-60(30-26-53)110-46-56-42-98(92-90-56)58-40-66(96(44-58)78(108)68(48(3)4)88-70(100)50(6)80-8)76(106)86-64(36-52-21-17-14-18-22-52)74(104)84-62(72(102)82-32-34-94(11)12)38-54-23-27-59(28-24-54)109-45-55-41-97(57)91-89-55/h13-30,41-42,47-50,57-58,61-68,79-80H,31-40,43-46H2,1-12H3,(H,81,101)(H,82,102)(H,83,103)(H,84,104)(H,85,105)(H,86,106)(H,87,99)(H,88,100)/t49-,50-,57?,58?,61-,62-,63-,64-,65-,66-,67-,68-/m0/s1. The summed E-state index contributed by atoms with van der Waals surface area (Å²) in [7, 11) is 10.7. The van der Waals surface area contributed by atoms with Crippen LogP contribution in [0.5, 0.6) is 11.5 Å². The van der Waals surface area contributed by atoms with Crippen LogP contribution in [0, 0.1) is 11.8 Å². The average molecular weight is 1520 g/mol. The molecule has 6 aliphatic rings. The second kappa shape index (κ2) is 39.6. The maximum absolute atomic E-state index is 15.3. The highest BCUT2D eigenvalue weighted by Crippen LogP contribution is 2.32. The molecule has 0 saturated carbocycles. The van der Waals surface area contributed by atoms with Crippen molar-refractivity contribution in [3.63, 3.8) is 0 Å². The third-order valence-corrected chi connectivity index (χ3v) is 20.0. The van der Waals surface area contributed by atoms with Gasteiger partial charge < -0.3 is 82.2 Å². The van der Waals surface area contributed by atoms with Crippen LogP contribution in [0.4, 0.5) is 0 Å². The molecule has 6 aromatic rings. The number of aromatic nitrogens is 6. The summed E-state index contributed by atoms with van der Waals surface area (Å²) in [6, 6.07) is 20.0. The van der Waals surface area contributed by atoms with E-state index in [1.165, 1.54) is 9.80 Å². The predicted molar refractivity (Wildman–Crippen MR) is 409 cm³/mol. The number of rotatable bonds is 22. The zero-order valence-electron chi connectivity index (χ0n) is 64.9. The first-order valence-electron chi connectivity index (χ1n) is 37.6. The first kappa shape index (κ1) is 83.3. The topological polar surface area (TPSA) is 384 Å². The van der Waals surface area contributed by atoms with Crippen molar-refractivity contribution in [3.8, 4) is 11.5 Å². The lowest BCUT2D eigenvalue weighted by Gasteiger charge is -2.32. The van der Waals surface area contributed by atoms with Crippen molar-refractivity contribution in [1.82, 2.24) is 103 Å². The molecule has 10 N–H and O–H groups in total. The largest absolute Gasteiger partial charge is 0.487 e. The van der Waals surface area contributed by atoms with Gasteiger partial charge >= 0.3 is 0 Å². The van der Waals surface area contributed by atoms with E-state index in [2.05, 4.69) is 73.8 Å². The molecular formula is C78H108N20O12. The molecule has 0 spiro atoms. The van der Waals surface area contributed by atoms with E-state index in [1.54, 1.807) is 150 Å².